The van der Waals surface area contributed by atoms with E-state index in [2.05, 4.69) is 0 Å². The average molecular weight is 153 g/mol. The van der Waals surface area contributed by atoms with E-state index in [-0.39, 0.29) is 6.29 Å². The van der Waals surface area contributed by atoms with E-state index in [1.807, 2.05) is 6.07 Å². The second-order valence-corrected chi connectivity index (χ2v) is 1.71. The zero-order valence-corrected chi connectivity index (χ0v) is 6.65. The van der Waals surface area contributed by atoms with Crippen molar-refractivity contribution < 1.29 is 9.47 Å². The molecule has 0 rings (SSSR count). The van der Waals surface area contributed by atoms with Crippen LogP contribution in [0.1, 0.15) is 0 Å². The topological polar surface area (TPSA) is 42.2 Å². The van der Waals surface area contributed by atoms with Crippen molar-refractivity contribution in [1.82, 2.24) is 0 Å². The molecule has 0 atom stereocenters. The van der Waals surface area contributed by atoms with Crippen LogP contribution in [0.25, 0.3) is 0 Å². The zero-order valence-electron chi connectivity index (χ0n) is 6.65. The fourth-order valence-corrected chi connectivity index (χ4v) is 0.507. The first-order valence-electron chi connectivity index (χ1n) is 3.13. The van der Waals surface area contributed by atoms with Crippen LogP contribution in [0.3, 0.4) is 0 Å². The standard InChI is InChI=1S/C8H11NO2/c1-10-8(11-2)6-4-3-5-7-9/h3-6,8H,1-2H3/b5-3+,6-4+. The van der Waals surface area contributed by atoms with Crippen LogP contribution in [0.5, 0.6) is 0 Å². The molecule has 0 radical (unpaired) electrons. The van der Waals surface area contributed by atoms with Crippen molar-refractivity contribution in [3.8, 4) is 6.07 Å². The van der Waals surface area contributed by atoms with Crippen LogP contribution >= 0.6 is 0 Å². The summed E-state index contributed by atoms with van der Waals surface area (Å²) >= 11 is 0. The first-order chi connectivity index (χ1) is 5.35. The van der Waals surface area contributed by atoms with Gasteiger partial charge in [0.1, 0.15) is 0 Å². The van der Waals surface area contributed by atoms with Crippen LogP contribution in [0, 0.1) is 11.3 Å². The Balaban J connectivity index is 3.72. The highest BCUT2D eigenvalue weighted by atomic mass is 16.7. The SMILES string of the molecule is COC(/C=C/C=C/C#N)OC. The van der Waals surface area contributed by atoms with Crippen molar-refractivity contribution in [3.63, 3.8) is 0 Å². The lowest BCUT2D eigenvalue weighted by molar-refractivity contribution is -0.0666. The number of nitriles is 1. The smallest absolute Gasteiger partial charge is 0.176 e. The second-order valence-electron chi connectivity index (χ2n) is 1.71. The molecule has 0 bridgehead atoms. The minimum Gasteiger partial charge on any atom is -0.352 e. The largest absolute Gasteiger partial charge is 0.352 e. The van der Waals surface area contributed by atoms with Gasteiger partial charge < -0.3 is 9.47 Å². The van der Waals surface area contributed by atoms with Gasteiger partial charge in [0.15, 0.2) is 6.29 Å². The molecule has 0 unspecified atom stereocenters. The third-order valence-corrected chi connectivity index (χ3v) is 1.01. The maximum Gasteiger partial charge on any atom is 0.176 e. The molecule has 0 aromatic carbocycles. The van der Waals surface area contributed by atoms with Crippen molar-refractivity contribution in [1.29, 1.82) is 5.26 Å². The zero-order chi connectivity index (χ0) is 8.53. The lowest BCUT2D eigenvalue weighted by Gasteiger charge is -2.05. The van der Waals surface area contributed by atoms with Crippen LogP contribution in [-0.2, 0) is 9.47 Å². The van der Waals surface area contributed by atoms with Gasteiger partial charge in [-0.3, -0.25) is 0 Å². The number of nitrogens with zero attached hydrogens (tertiary/aromatic N) is 1. The molecule has 0 aliphatic carbocycles. The minimum absolute atomic E-state index is 0.335. The van der Waals surface area contributed by atoms with E-state index >= 15 is 0 Å². The van der Waals surface area contributed by atoms with Gasteiger partial charge in [-0.2, -0.15) is 5.26 Å². The Hall–Kier alpha value is -1.11. The van der Waals surface area contributed by atoms with Crippen molar-refractivity contribution in [3.05, 3.63) is 24.3 Å². The van der Waals surface area contributed by atoms with Crippen molar-refractivity contribution in [2.24, 2.45) is 0 Å². The fourth-order valence-electron chi connectivity index (χ4n) is 0.507. The number of methoxy groups -OCH3 is 2. The number of allylic oxidation sites excluding steroid dienone is 3. The molecule has 3 nitrogen and oxygen atoms in total. The van der Waals surface area contributed by atoms with Crippen LogP contribution in [0.4, 0.5) is 0 Å². The van der Waals surface area contributed by atoms with E-state index in [4.69, 9.17) is 14.7 Å². The molecule has 0 aromatic heterocycles. The van der Waals surface area contributed by atoms with Gasteiger partial charge in [0.05, 0.1) is 6.07 Å². The molecule has 0 aliphatic rings. The van der Waals surface area contributed by atoms with Crippen LogP contribution < -0.4 is 0 Å². The summed E-state index contributed by atoms with van der Waals surface area (Å²) in [6, 6.07) is 1.86. The van der Waals surface area contributed by atoms with E-state index in [1.165, 1.54) is 6.08 Å². The fraction of sp³-hybridized carbons (Fsp3) is 0.375. The molecule has 0 saturated heterocycles. The van der Waals surface area contributed by atoms with Gasteiger partial charge >= 0.3 is 0 Å². The monoisotopic (exact) mass is 153 g/mol. The van der Waals surface area contributed by atoms with Gasteiger partial charge in [-0.1, -0.05) is 12.2 Å². The Morgan fingerprint density at radius 3 is 2.36 bits per heavy atom. The van der Waals surface area contributed by atoms with Crippen molar-refractivity contribution in [2.45, 2.75) is 6.29 Å². The first kappa shape index (κ1) is 9.89. The molecule has 0 heterocycles. The van der Waals surface area contributed by atoms with Gasteiger partial charge in [0.2, 0.25) is 0 Å². The molecule has 11 heavy (non-hydrogen) atoms. The van der Waals surface area contributed by atoms with Crippen LogP contribution in [0.2, 0.25) is 0 Å². The first-order valence-corrected chi connectivity index (χ1v) is 3.13. The maximum absolute atomic E-state index is 8.11. The second kappa shape index (κ2) is 7.00. The van der Waals surface area contributed by atoms with E-state index in [0.29, 0.717) is 0 Å². The highest BCUT2D eigenvalue weighted by molar-refractivity contribution is 5.11. The lowest BCUT2D eigenvalue weighted by atomic mass is 10.4. The van der Waals surface area contributed by atoms with E-state index in [0.717, 1.165) is 0 Å². The number of hydrogen-bond acceptors (Lipinski definition) is 3. The van der Waals surface area contributed by atoms with Gasteiger partial charge in [0.25, 0.3) is 0 Å². The molecule has 0 fully saturated rings. The Kier molecular flexibility index (Phi) is 6.30. The van der Waals surface area contributed by atoms with Crippen molar-refractivity contribution >= 4 is 0 Å². The van der Waals surface area contributed by atoms with Crippen LogP contribution in [-0.4, -0.2) is 20.5 Å². The molecule has 0 N–H and O–H groups in total. The molecular weight excluding hydrogens is 142 g/mol. The Labute approximate surface area is 66.5 Å². The molecule has 0 amide bonds. The van der Waals surface area contributed by atoms with Crippen LogP contribution in [0.15, 0.2) is 24.3 Å². The quantitative estimate of drug-likeness (QED) is 0.346. The average Bonchev–Trinajstić information content (AvgIpc) is 2.05. The highest BCUT2D eigenvalue weighted by Crippen LogP contribution is 1.92. The Morgan fingerprint density at radius 2 is 1.91 bits per heavy atom. The third-order valence-electron chi connectivity index (χ3n) is 1.01. The molecule has 3 heteroatoms. The molecule has 0 aromatic rings. The van der Waals surface area contributed by atoms with Gasteiger partial charge in [0, 0.05) is 20.3 Å². The molecule has 0 saturated carbocycles. The summed E-state index contributed by atoms with van der Waals surface area (Å²) in [5.74, 6) is 0. The van der Waals surface area contributed by atoms with Gasteiger partial charge in [-0.25, -0.2) is 0 Å². The summed E-state index contributed by atoms with van der Waals surface area (Å²) in [5, 5.41) is 8.11. The van der Waals surface area contributed by atoms with Gasteiger partial charge in [-0.05, 0) is 6.08 Å². The summed E-state index contributed by atoms with van der Waals surface area (Å²) in [6.45, 7) is 0. The minimum atomic E-state index is -0.335. The third kappa shape index (κ3) is 5.34. The summed E-state index contributed by atoms with van der Waals surface area (Å²) in [4.78, 5) is 0. The maximum atomic E-state index is 8.11. The van der Waals surface area contributed by atoms with E-state index in [1.54, 1.807) is 32.4 Å². The molecule has 60 valence electrons. The molecule has 0 spiro atoms. The number of rotatable bonds is 4. The van der Waals surface area contributed by atoms with Gasteiger partial charge in [-0.15, -0.1) is 0 Å². The summed E-state index contributed by atoms with van der Waals surface area (Å²) < 4.78 is 9.71. The number of hydrogen-bond donors (Lipinski definition) is 0. The predicted octanol–water partition coefficient (Wildman–Crippen LogP) is 1.24. The predicted molar refractivity (Wildman–Crippen MR) is 41.7 cm³/mol. The van der Waals surface area contributed by atoms with E-state index in [9.17, 15) is 0 Å². The molecular formula is C8H11NO2. The Morgan fingerprint density at radius 1 is 1.27 bits per heavy atom. The summed E-state index contributed by atoms with van der Waals surface area (Å²) in [6.07, 6.45) is 6.05. The lowest BCUT2D eigenvalue weighted by Crippen LogP contribution is -2.08. The van der Waals surface area contributed by atoms with E-state index < -0.39 is 0 Å². The normalized spacial score (nSPS) is 11.5. The summed E-state index contributed by atoms with van der Waals surface area (Å²) in [5.41, 5.74) is 0. The number of ether oxygens (including phenoxy) is 2. The van der Waals surface area contributed by atoms with Crippen molar-refractivity contribution in [2.75, 3.05) is 14.2 Å². The highest BCUT2D eigenvalue weighted by Gasteiger charge is 1.94. The Bertz CT molecular complexity index is 175. The molecule has 0 aliphatic heterocycles. The summed E-state index contributed by atoms with van der Waals surface area (Å²) in [7, 11) is 3.10.